The van der Waals surface area contributed by atoms with Crippen LogP contribution in [0.15, 0.2) is 0 Å². The van der Waals surface area contributed by atoms with Crippen molar-refractivity contribution in [3.05, 3.63) is 0 Å². The minimum Gasteiger partial charge on any atom is -0.433 e. The number of thiol groups is 2. The Kier molecular flexibility index (Phi) is 8.27. The Morgan fingerprint density at radius 3 is 2.38 bits per heavy atom. The number of carbonyl (C=O) groups excluding carboxylic acids is 1. The summed E-state index contributed by atoms with van der Waals surface area (Å²) in [6, 6.07) is 0. The average Bonchev–Trinajstić information content (AvgIpc) is 2.16. The lowest BCUT2D eigenvalue weighted by Gasteiger charge is -2.17. The van der Waals surface area contributed by atoms with Gasteiger partial charge in [0.05, 0.1) is 0 Å². The van der Waals surface area contributed by atoms with Gasteiger partial charge in [-0.3, -0.25) is 0 Å². The van der Waals surface area contributed by atoms with Gasteiger partial charge in [-0.05, 0) is 6.42 Å². The quantitative estimate of drug-likeness (QED) is 0.234. The molecule has 96 valence electrons. The van der Waals surface area contributed by atoms with Gasteiger partial charge in [-0.2, -0.15) is 0 Å². The second-order valence-electron chi connectivity index (χ2n) is 3.70. The fourth-order valence-electron chi connectivity index (χ4n) is 1.18. The molecule has 0 bridgehead atoms. The van der Waals surface area contributed by atoms with Crippen LogP contribution < -0.4 is 0 Å². The van der Waals surface area contributed by atoms with E-state index in [1.165, 1.54) is 6.42 Å². The van der Waals surface area contributed by atoms with Gasteiger partial charge in [0, 0.05) is 6.42 Å². The van der Waals surface area contributed by atoms with Gasteiger partial charge in [0.2, 0.25) is 6.29 Å². The van der Waals surface area contributed by atoms with Crippen LogP contribution in [0.4, 0.5) is 0 Å². The Bertz CT molecular complexity index is 203. The number of hydrogen-bond acceptors (Lipinski definition) is 6. The Morgan fingerprint density at radius 2 is 1.88 bits per heavy atom. The van der Waals surface area contributed by atoms with E-state index in [0.717, 1.165) is 25.7 Å². The predicted molar refractivity (Wildman–Crippen MR) is 68.4 cm³/mol. The van der Waals surface area contributed by atoms with Gasteiger partial charge < -0.3 is 14.9 Å². The molecule has 0 radical (unpaired) electrons. The van der Waals surface area contributed by atoms with Crippen LogP contribution in [-0.4, -0.2) is 26.7 Å². The summed E-state index contributed by atoms with van der Waals surface area (Å²) < 4.78 is 2.39. The first kappa shape index (κ1) is 16.1. The lowest BCUT2D eigenvalue weighted by Crippen LogP contribution is -2.31. The first-order valence-electron chi connectivity index (χ1n) is 5.44. The standard InChI is InChI=1S/C10H20O4S2/c1-2-3-4-5-6-7-8(11)14-9(12)10(13,15)16/h8,11,13,15-16H,2-7H2,1H3. The van der Waals surface area contributed by atoms with Crippen LogP contribution in [0.5, 0.6) is 0 Å². The molecule has 0 heterocycles. The molecule has 1 atom stereocenters. The van der Waals surface area contributed by atoms with Crippen LogP contribution in [0.2, 0.25) is 0 Å². The van der Waals surface area contributed by atoms with Crippen molar-refractivity contribution in [3.63, 3.8) is 0 Å². The third-order valence-electron chi connectivity index (χ3n) is 2.07. The second-order valence-corrected chi connectivity index (χ2v) is 5.35. The lowest BCUT2D eigenvalue weighted by atomic mass is 10.1. The van der Waals surface area contributed by atoms with Crippen molar-refractivity contribution in [1.82, 2.24) is 0 Å². The van der Waals surface area contributed by atoms with Crippen molar-refractivity contribution in [3.8, 4) is 0 Å². The van der Waals surface area contributed by atoms with E-state index in [1.54, 1.807) is 0 Å². The average molecular weight is 268 g/mol. The normalized spacial score (nSPS) is 13.6. The minimum atomic E-state index is -2.15. The summed E-state index contributed by atoms with van der Waals surface area (Å²) in [7, 11) is 0. The molecule has 4 nitrogen and oxygen atoms in total. The SMILES string of the molecule is CCCCCCCC(O)OC(=O)C(O)(S)S. The highest BCUT2D eigenvalue weighted by Crippen LogP contribution is 2.18. The van der Waals surface area contributed by atoms with Gasteiger partial charge in [-0.15, -0.1) is 25.3 Å². The smallest absolute Gasteiger partial charge is 0.361 e. The maximum atomic E-state index is 11.0. The number of rotatable bonds is 8. The third-order valence-corrected chi connectivity index (χ3v) is 2.44. The van der Waals surface area contributed by atoms with Crippen LogP contribution in [-0.2, 0) is 9.53 Å². The van der Waals surface area contributed by atoms with Crippen molar-refractivity contribution >= 4 is 31.2 Å². The monoisotopic (exact) mass is 268 g/mol. The number of ether oxygens (including phenoxy) is 1. The Balaban J connectivity index is 3.59. The van der Waals surface area contributed by atoms with Gasteiger partial charge in [0.15, 0.2) is 0 Å². The Labute approximate surface area is 107 Å². The summed E-state index contributed by atoms with van der Waals surface area (Å²) in [5.41, 5.74) is 0. The molecule has 0 aliphatic heterocycles. The molecule has 0 rings (SSSR count). The molecule has 0 aromatic carbocycles. The molecule has 0 spiro atoms. The van der Waals surface area contributed by atoms with E-state index in [-0.39, 0.29) is 0 Å². The molecule has 16 heavy (non-hydrogen) atoms. The highest BCUT2D eigenvalue weighted by molar-refractivity contribution is 8.01. The summed E-state index contributed by atoms with van der Waals surface area (Å²) in [4.78, 5) is 11.0. The van der Waals surface area contributed by atoms with Gasteiger partial charge >= 0.3 is 5.97 Å². The van der Waals surface area contributed by atoms with E-state index in [0.29, 0.717) is 6.42 Å². The first-order valence-corrected chi connectivity index (χ1v) is 6.33. The van der Waals surface area contributed by atoms with Gasteiger partial charge in [-0.25, -0.2) is 4.79 Å². The van der Waals surface area contributed by atoms with Crippen molar-refractivity contribution in [1.29, 1.82) is 0 Å². The summed E-state index contributed by atoms with van der Waals surface area (Å²) in [6.45, 7) is 2.12. The van der Waals surface area contributed by atoms with Gasteiger partial charge in [0.25, 0.3) is 4.27 Å². The number of aliphatic hydroxyl groups excluding tert-OH is 1. The first-order chi connectivity index (χ1) is 7.38. The Morgan fingerprint density at radius 1 is 1.31 bits per heavy atom. The molecule has 1 unspecified atom stereocenters. The lowest BCUT2D eigenvalue weighted by molar-refractivity contribution is -0.175. The summed E-state index contributed by atoms with van der Waals surface area (Å²) >= 11 is 6.99. The molecule has 6 heteroatoms. The molecular formula is C10H20O4S2. The zero-order valence-corrected chi connectivity index (χ0v) is 11.2. The van der Waals surface area contributed by atoms with Crippen LogP contribution >= 0.6 is 25.3 Å². The molecule has 0 amide bonds. The van der Waals surface area contributed by atoms with E-state index in [4.69, 9.17) is 5.11 Å². The minimum absolute atomic E-state index is 0.368. The molecule has 0 aromatic heterocycles. The van der Waals surface area contributed by atoms with E-state index in [2.05, 4.69) is 36.9 Å². The number of esters is 1. The highest BCUT2D eigenvalue weighted by Gasteiger charge is 2.30. The number of hydrogen-bond donors (Lipinski definition) is 4. The zero-order valence-electron chi connectivity index (χ0n) is 9.43. The van der Waals surface area contributed by atoms with E-state index < -0.39 is 16.5 Å². The van der Waals surface area contributed by atoms with Crippen molar-refractivity contribution in [2.24, 2.45) is 0 Å². The van der Waals surface area contributed by atoms with E-state index in [1.807, 2.05) is 0 Å². The maximum Gasteiger partial charge on any atom is 0.361 e. The van der Waals surface area contributed by atoms with Crippen molar-refractivity contribution < 1.29 is 19.7 Å². The molecule has 2 N–H and O–H groups in total. The highest BCUT2D eigenvalue weighted by atomic mass is 32.2. The molecule has 0 saturated heterocycles. The number of aliphatic hydroxyl groups is 2. The summed E-state index contributed by atoms with van der Waals surface area (Å²) in [5, 5.41) is 18.3. The van der Waals surface area contributed by atoms with Crippen LogP contribution in [0.25, 0.3) is 0 Å². The molecule has 0 saturated carbocycles. The summed E-state index contributed by atoms with van der Waals surface area (Å²) in [6.07, 6.45) is 4.39. The van der Waals surface area contributed by atoms with Crippen LogP contribution in [0.1, 0.15) is 45.4 Å². The third kappa shape index (κ3) is 8.27. The molecule has 0 aromatic rings. The van der Waals surface area contributed by atoms with Crippen LogP contribution in [0, 0.1) is 0 Å². The van der Waals surface area contributed by atoms with E-state index in [9.17, 15) is 9.90 Å². The molecule has 0 fully saturated rings. The zero-order chi connectivity index (χ0) is 12.6. The molecule has 0 aliphatic rings. The fraction of sp³-hybridized carbons (Fsp3) is 0.900. The summed E-state index contributed by atoms with van der Waals surface area (Å²) in [5.74, 6) is -1.06. The van der Waals surface area contributed by atoms with E-state index >= 15 is 0 Å². The predicted octanol–water partition coefficient (Wildman–Crippen LogP) is 1.71. The number of unbranched alkanes of at least 4 members (excludes halogenated alkanes) is 4. The maximum absolute atomic E-state index is 11.0. The molecule has 0 aliphatic carbocycles. The van der Waals surface area contributed by atoms with Crippen LogP contribution in [0.3, 0.4) is 0 Å². The van der Waals surface area contributed by atoms with Crippen molar-refractivity contribution in [2.75, 3.05) is 0 Å². The van der Waals surface area contributed by atoms with Crippen molar-refractivity contribution in [2.45, 2.75) is 56.0 Å². The Hall–Kier alpha value is 0.0900. The topological polar surface area (TPSA) is 66.8 Å². The fourth-order valence-corrected chi connectivity index (χ4v) is 1.29. The molecular weight excluding hydrogens is 248 g/mol. The largest absolute Gasteiger partial charge is 0.433 e. The number of carbonyl (C=O) groups is 1. The second kappa shape index (κ2) is 8.22. The van der Waals surface area contributed by atoms with Gasteiger partial charge in [-0.1, -0.05) is 32.6 Å². The van der Waals surface area contributed by atoms with Gasteiger partial charge in [0.1, 0.15) is 0 Å².